The van der Waals surface area contributed by atoms with Crippen LogP contribution in [0.3, 0.4) is 0 Å². The fourth-order valence-electron chi connectivity index (χ4n) is 1.63. The van der Waals surface area contributed by atoms with Gasteiger partial charge in [0, 0.05) is 0 Å². The van der Waals surface area contributed by atoms with E-state index < -0.39 is 17.8 Å². The standard InChI is InChI=1S/C12H15ClFNO2/c1-15-10(12(16)17)7-3-5-8-4-2-6-9(14)11(8)13/h2,4,6,10,15H,3,5,7H2,1H3,(H,16,17)/t10-/m0/s1. The molecule has 0 bridgehead atoms. The minimum Gasteiger partial charge on any atom is -0.480 e. The lowest BCUT2D eigenvalue weighted by Gasteiger charge is -2.11. The van der Waals surface area contributed by atoms with Gasteiger partial charge in [0.25, 0.3) is 0 Å². The molecular weight excluding hydrogens is 245 g/mol. The van der Waals surface area contributed by atoms with Crippen LogP contribution < -0.4 is 5.32 Å². The third-order valence-corrected chi connectivity index (χ3v) is 3.04. The Balaban J connectivity index is 2.51. The number of aliphatic carboxylic acids is 1. The molecule has 1 aromatic carbocycles. The number of halogens is 2. The zero-order valence-electron chi connectivity index (χ0n) is 9.54. The Labute approximate surface area is 105 Å². The molecule has 0 aliphatic rings. The summed E-state index contributed by atoms with van der Waals surface area (Å²) in [4.78, 5) is 10.7. The molecule has 3 nitrogen and oxygen atoms in total. The van der Waals surface area contributed by atoms with Crippen LogP contribution >= 0.6 is 11.6 Å². The van der Waals surface area contributed by atoms with Gasteiger partial charge in [0.15, 0.2) is 0 Å². The molecule has 0 unspecified atom stereocenters. The van der Waals surface area contributed by atoms with Crippen molar-refractivity contribution in [2.45, 2.75) is 25.3 Å². The maximum absolute atomic E-state index is 13.1. The van der Waals surface area contributed by atoms with Crippen molar-refractivity contribution in [2.75, 3.05) is 7.05 Å². The van der Waals surface area contributed by atoms with Gasteiger partial charge < -0.3 is 10.4 Å². The van der Waals surface area contributed by atoms with Crippen LogP contribution in [0.2, 0.25) is 5.02 Å². The molecule has 0 spiro atoms. The second-order valence-electron chi connectivity index (χ2n) is 3.78. The van der Waals surface area contributed by atoms with Gasteiger partial charge >= 0.3 is 5.97 Å². The number of rotatable bonds is 6. The summed E-state index contributed by atoms with van der Waals surface area (Å²) in [7, 11) is 1.61. The summed E-state index contributed by atoms with van der Waals surface area (Å²) in [6.07, 6.45) is 1.70. The molecule has 0 aliphatic heterocycles. The number of carboxylic acid groups (broad SMARTS) is 1. The third kappa shape index (κ3) is 3.98. The average Bonchev–Trinajstić information content (AvgIpc) is 2.29. The van der Waals surface area contributed by atoms with Crippen molar-refractivity contribution in [2.24, 2.45) is 0 Å². The van der Waals surface area contributed by atoms with Crippen LogP contribution in [0.5, 0.6) is 0 Å². The molecule has 0 saturated carbocycles. The highest BCUT2D eigenvalue weighted by atomic mass is 35.5. The zero-order chi connectivity index (χ0) is 12.8. The predicted molar refractivity (Wildman–Crippen MR) is 64.8 cm³/mol. The van der Waals surface area contributed by atoms with Gasteiger partial charge in [0.05, 0.1) is 5.02 Å². The quantitative estimate of drug-likeness (QED) is 0.825. The molecule has 2 N–H and O–H groups in total. The van der Waals surface area contributed by atoms with Crippen LogP contribution in [-0.4, -0.2) is 24.2 Å². The summed E-state index contributed by atoms with van der Waals surface area (Å²) in [6, 6.07) is 4.09. The molecular formula is C12H15ClFNO2. The summed E-state index contributed by atoms with van der Waals surface area (Å²) in [5.41, 5.74) is 0.715. The van der Waals surface area contributed by atoms with Gasteiger partial charge in [-0.05, 0) is 37.9 Å². The first-order valence-electron chi connectivity index (χ1n) is 5.39. The summed E-state index contributed by atoms with van der Waals surface area (Å²) in [6.45, 7) is 0. The topological polar surface area (TPSA) is 49.3 Å². The normalized spacial score (nSPS) is 12.4. The van der Waals surface area contributed by atoms with E-state index in [9.17, 15) is 9.18 Å². The van der Waals surface area contributed by atoms with Gasteiger partial charge in [-0.25, -0.2) is 4.39 Å². The van der Waals surface area contributed by atoms with Gasteiger partial charge in [-0.15, -0.1) is 0 Å². The summed E-state index contributed by atoms with van der Waals surface area (Å²) < 4.78 is 13.1. The van der Waals surface area contributed by atoms with Gasteiger partial charge in [0.2, 0.25) is 0 Å². The summed E-state index contributed by atoms with van der Waals surface area (Å²) in [5, 5.41) is 11.7. The molecule has 0 aliphatic carbocycles. The number of hydrogen-bond acceptors (Lipinski definition) is 2. The van der Waals surface area contributed by atoms with Crippen molar-refractivity contribution in [3.8, 4) is 0 Å². The first-order chi connectivity index (χ1) is 8.06. The van der Waals surface area contributed by atoms with Crippen LogP contribution in [0, 0.1) is 5.82 Å². The molecule has 0 radical (unpaired) electrons. The molecule has 0 heterocycles. The molecule has 0 aromatic heterocycles. The zero-order valence-corrected chi connectivity index (χ0v) is 10.3. The molecule has 0 fully saturated rings. The lowest BCUT2D eigenvalue weighted by Crippen LogP contribution is -2.33. The van der Waals surface area contributed by atoms with Crippen molar-refractivity contribution in [1.82, 2.24) is 5.32 Å². The molecule has 0 amide bonds. The Morgan fingerprint density at radius 1 is 1.59 bits per heavy atom. The SMILES string of the molecule is CN[C@@H](CCCc1cccc(F)c1Cl)C(=O)O. The Kier molecular flexibility index (Phi) is 5.38. The Hall–Kier alpha value is -1.13. The minimum atomic E-state index is -0.877. The van der Waals surface area contributed by atoms with Gasteiger partial charge in [-0.1, -0.05) is 23.7 Å². The Morgan fingerprint density at radius 3 is 2.88 bits per heavy atom. The van der Waals surface area contributed by atoms with E-state index in [0.717, 1.165) is 0 Å². The summed E-state index contributed by atoms with van der Waals surface area (Å²) in [5.74, 6) is -1.31. The number of aryl methyl sites for hydroxylation is 1. The molecule has 5 heteroatoms. The Morgan fingerprint density at radius 2 is 2.29 bits per heavy atom. The minimum absolute atomic E-state index is 0.129. The maximum Gasteiger partial charge on any atom is 0.320 e. The first-order valence-corrected chi connectivity index (χ1v) is 5.77. The molecule has 1 rings (SSSR count). The highest BCUT2D eigenvalue weighted by Crippen LogP contribution is 2.21. The fraction of sp³-hybridized carbons (Fsp3) is 0.417. The third-order valence-electron chi connectivity index (χ3n) is 2.62. The highest BCUT2D eigenvalue weighted by molar-refractivity contribution is 6.31. The van der Waals surface area contributed by atoms with Crippen LogP contribution in [-0.2, 0) is 11.2 Å². The lowest BCUT2D eigenvalue weighted by molar-refractivity contribution is -0.139. The van der Waals surface area contributed by atoms with E-state index in [1.165, 1.54) is 6.07 Å². The van der Waals surface area contributed by atoms with Gasteiger partial charge in [-0.2, -0.15) is 0 Å². The predicted octanol–water partition coefficient (Wildman–Crippen LogP) is 2.47. The van der Waals surface area contributed by atoms with E-state index in [-0.39, 0.29) is 5.02 Å². The highest BCUT2D eigenvalue weighted by Gasteiger charge is 2.14. The number of carbonyl (C=O) groups is 1. The van der Waals surface area contributed by atoms with Crippen molar-refractivity contribution in [1.29, 1.82) is 0 Å². The molecule has 94 valence electrons. The number of benzene rings is 1. The number of carboxylic acids is 1. The first kappa shape index (κ1) is 13.9. The Bertz CT molecular complexity index is 398. The van der Waals surface area contributed by atoms with Gasteiger partial charge in [-0.3, -0.25) is 4.79 Å². The number of likely N-dealkylation sites (N-methyl/N-ethyl adjacent to an activating group) is 1. The van der Waals surface area contributed by atoms with Crippen molar-refractivity contribution in [3.63, 3.8) is 0 Å². The van der Waals surface area contributed by atoms with Crippen LogP contribution in [0.1, 0.15) is 18.4 Å². The van der Waals surface area contributed by atoms with E-state index >= 15 is 0 Å². The second kappa shape index (κ2) is 6.57. The molecule has 1 aromatic rings. The molecule has 1 atom stereocenters. The average molecular weight is 260 g/mol. The van der Waals surface area contributed by atoms with Crippen LogP contribution in [0.15, 0.2) is 18.2 Å². The number of nitrogens with one attached hydrogen (secondary N) is 1. The van der Waals surface area contributed by atoms with Gasteiger partial charge in [0.1, 0.15) is 11.9 Å². The van der Waals surface area contributed by atoms with Crippen LogP contribution in [0.4, 0.5) is 4.39 Å². The van der Waals surface area contributed by atoms with E-state index in [2.05, 4.69) is 5.32 Å². The van der Waals surface area contributed by atoms with E-state index in [4.69, 9.17) is 16.7 Å². The van der Waals surface area contributed by atoms with E-state index in [1.807, 2.05) is 0 Å². The largest absolute Gasteiger partial charge is 0.480 e. The molecule has 0 saturated heterocycles. The van der Waals surface area contributed by atoms with Crippen molar-refractivity contribution in [3.05, 3.63) is 34.6 Å². The van der Waals surface area contributed by atoms with E-state index in [1.54, 1.807) is 19.2 Å². The second-order valence-corrected chi connectivity index (χ2v) is 4.16. The van der Waals surface area contributed by atoms with E-state index in [0.29, 0.717) is 24.8 Å². The smallest absolute Gasteiger partial charge is 0.320 e. The number of hydrogen-bond donors (Lipinski definition) is 2. The van der Waals surface area contributed by atoms with Crippen molar-refractivity contribution < 1.29 is 14.3 Å². The fourth-order valence-corrected chi connectivity index (χ4v) is 1.85. The monoisotopic (exact) mass is 259 g/mol. The lowest BCUT2D eigenvalue weighted by atomic mass is 10.0. The van der Waals surface area contributed by atoms with Crippen LogP contribution in [0.25, 0.3) is 0 Å². The summed E-state index contributed by atoms with van der Waals surface area (Å²) >= 11 is 5.80. The molecule has 17 heavy (non-hydrogen) atoms. The van der Waals surface area contributed by atoms with Crippen molar-refractivity contribution >= 4 is 17.6 Å². The maximum atomic E-state index is 13.1.